The molecule has 124 valence electrons. The fourth-order valence-electron chi connectivity index (χ4n) is 2.85. The van der Waals surface area contributed by atoms with Gasteiger partial charge in [0.2, 0.25) is 0 Å². The number of para-hydroxylation sites is 2. The number of anilines is 2. The van der Waals surface area contributed by atoms with Crippen LogP contribution in [0.15, 0.2) is 60.7 Å². The molecule has 2 amide bonds. The molecule has 1 heterocycles. The van der Waals surface area contributed by atoms with Crippen LogP contribution in [0.5, 0.6) is 0 Å². The second-order valence-corrected chi connectivity index (χ2v) is 5.81. The van der Waals surface area contributed by atoms with E-state index < -0.39 is 17.5 Å². The van der Waals surface area contributed by atoms with Crippen LogP contribution in [0, 0.1) is 0 Å². The molecule has 4 nitrogen and oxygen atoms in total. The first kappa shape index (κ1) is 16.2. The molecule has 2 aromatic rings. The average Bonchev–Trinajstić information content (AvgIpc) is 2.83. The minimum Gasteiger partial charge on any atom is -0.268 e. The van der Waals surface area contributed by atoms with Crippen LogP contribution in [-0.2, 0) is 9.59 Å². The molecule has 0 spiro atoms. The summed E-state index contributed by atoms with van der Waals surface area (Å²) in [5.74, 6) is -1.65. The Kier molecular flexibility index (Phi) is 4.34. The molecule has 24 heavy (non-hydrogen) atoms. The summed E-state index contributed by atoms with van der Waals surface area (Å²) in [6, 6.07) is 17.4. The molecule has 5 heteroatoms. The molecule has 1 saturated heterocycles. The third-order valence-corrected chi connectivity index (χ3v) is 4.14. The van der Waals surface area contributed by atoms with Gasteiger partial charge in [0.05, 0.1) is 11.4 Å². The highest BCUT2D eigenvalue weighted by molar-refractivity contribution is 6.28. The molecule has 1 aliphatic rings. The first-order valence-corrected chi connectivity index (χ1v) is 8.07. The predicted octanol–water partition coefficient (Wildman–Crippen LogP) is 3.88. The highest BCUT2D eigenvalue weighted by Crippen LogP contribution is 2.38. The smallest absolute Gasteiger partial charge is 0.268 e. The number of hydrogen-bond acceptors (Lipinski definition) is 2. The molecule has 0 aliphatic carbocycles. The molecule has 0 N–H and O–H groups in total. The fraction of sp³-hybridized carbons (Fsp3) is 0.263. The van der Waals surface area contributed by atoms with Crippen LogP contribution in [0.25, 0.3) is 0 Å². The van der Waals surface area contributed by atoms with E-state index in [0.29, 0.717) is 24.2 Å². The Hall–Kier alpha value is -2.69. The average molecular weight is 326 g/mol. The van der Waals surface area contributed by atoms with Gasteiger partial charge in [-0.2, -0.15) is 0 Å². The summed E-state index contributed by atoms with van der Waals surface area (Å²) in [7, 11) is 0. The van der Waals surface area contributed by atoms with Gasteiger partial charge in [-0.1, -0.05) is 49.7 Å². The lowest BCUT2D eigenvalue weighted by atomic mass is 9.98. The van der Waals surface area contributed by atoms with E-state index in [2.05, 4.69) is 0 Å². The summed E-state index contributed by atoms with van der Waals surface area (Å²) in [5.41, 5.74) is -1.58. The van der Waals surface area contributed by atoms with Crippen molar-refractivity contribution >= 4 is 23.2 Å². The maximum atomic E-state index is 15.4. The maximum absolute atomic E-state index is 15.4. The van der Waals surface area contributed by atoms with Gasteiger partial charge < -0.3 is 0 Å². The Bertz CT molecular complexity index is 676. The third-order valence-electron chi connectivity index (χ3n) is 4.14. The number of unbranched alkanes of at least 4 members (excludes halogenated alkanes) is 1. The number of nitrogens with zero attached hydrogens (tertiary/aromatic N) is 2. The number of amides is 2. The van der Waals surface area contributed by atoms with Crippen molar-refractivity contribution in [3.05, 3.63) is 60.7 Å². The predicted molar refractivity (Wildman–Crippen MR) is 91.2 cm³/mol. The summed E-state index contributed by atoms with van der Waals surface area (Å²) in [6.07, 6.45) is 1.08. The summed E-state index contributed by atoms with van der Waals surface area (Å²) in [6.45, 7) is 1.90. The van der Waals surface area contributed by atoms with Crippen molar-refractivity contribution in [3.8, 4) is 0 Å². The van der Waals surface area contributed by atoms with Gasteiger partial charge in [-0.05, 0) is 30.7 Å². The number of alkyl halides is 1. The van der Waals surface area contributed by atoms with E-state index in [1.807, 2.05) is 6.92 Å². The van der Waals surface area contributed by atoms with Crippen molar-refractivity contribution in [1.82, 2.24) is 0 Å². The van der Waals surface area contributed by atoms with E-state index >= 15 is 4.39 Å². The van der Waals surface area contributed by atoms with E-state index in [1.54, 1.807) is 60.7 Å². The third kappa shape index (κ3) is 2.56. The molecule has 1 aliphatic heterocycles. The van der Waals surface area contributed by atoms with Crippen LogP contribution in [0.2, 0.25) is 0 Å². The van der Waals surface area contributed by atoms with Crippen LogP contribution >= 0.6 is 0 Å². The fourth-order valence-corrected chi connectivity index (χ4v) is 2.85. The van der Waals surface area contributed by atoms with Gasteiger partial charge in [-0.15, -0.1) is 0 Å². The zero-order valence-corrected chi connectivity index (χ0v) is 13.5. The lowest BCUT2D eigenvalue weighted by Crippen LogP contribution is -2.41. The summed E-state index contributed by atoms with van der Waals surface area (Å²) in [4.78, 5) is 25.6. The van der Waals surface area contributed by atoms with Crippen LogP contribution in [0.3, 0.4) is 0 Å². The van der Waals surface area contributed by atoms with Crippen LogP contribution < -0.4 is 10.0 Å². The highest BCUT2D eigenvalue weighted by Gasteiger charge is 2.60. The van der Waals surface area contributed by atoms with Crippen molar-refractivity contribution in [2.24, 2.45) is 0 Å². The largest absolute Gasteiger partial charge is 0.293 e. The number of rotatable bonds is 5. The van der Waals surface area contributed by atoms with Gasteiger partial charge in [0, 0.05) is 6.42 Å². The van der Waals surface area contributed by atoms with Crippen molar-refractivity contribution in [2.45, 2.75) is 31.9 Å². The van der Waals surface area contributed by atoms with E-state index in [0.717, 1.165) is 10.0 Å². The summed E-state index contributed by atoms with van der Waals surface area (Å²) < 4.78 is 15.4. The molecule has 1 fully saturated rings. The molecule has 0 bridgehead atoms. The van der Waals surface area contributed by atoms with Crippen LogP contribution in [0.1, 0.15) is 26.2 Å². The van der Waals surface area contributed by atoms with Crippen molar-refractivity contribution in [1.29, 1.82) is 0 Å². The Morgan fingerprint density at radius 3 is 1.62 bits per heavy atom. The molecular weight excluding hydrogens is 307 g/mol. The van der Waals surface area contributed by atoms with Crippen molar-refractivity contribution in [2.75, 3.05) is 10.0 Å². The summed E-state index contributed by atoms with van der Waals surface area (Å²) >= 11 is 0. The van der Waals surface area contributed by atoms with E-state index in [1.165, 1.54) is 0 Å². The van der Waals surface area contributed by atoms with Gasteiger partial charge in [-0.25, -0.2) is 14.4 Å². The quantitative estimate of drug-likeness (QED) is 0.782. The SMILES string of the molecule is CCCCC1(F)C(=O)N(c2ccccc2)N(c2ccccc2)C1=O. The van der Waals surface area contributed by atoms with Crippen LogP contribution in [-0.4, -0.2) is 17.5 Å². The van der Waals surface area contributed by atoms with Gasteiger partial charge in [0.25, 0.3) is 17.5 Å². The lowest BCUT2D eigenvalue weighted by Gasteiger charge is -2.27. The summed E-state index contributed by atoms with van der Waals surface area (Å²) in [5, 5.41) is 2.29. The van der Waals surface area contributed by atoms with Crippen LogP contribution in [0.4, 0.5) is 15.8 Å². The molecular formula is C19H19FN2O2. The Balaban J connectivity index is 2.09. The number of benzene rings is 2. The normalized spacial score (nSPS) is 16.8. The zero-order chi connectivity index (χ0) is 17.2. The van der Waals surface area contributed by atoms with Crippen molar-refractivity contribution < 1.29 is 14.0 Å². The maximum Gasteiger partial charge on any atom is 0.293 e. The number of hydrazine groups is 1. The topological polar surface area (TPSA) is 40.6 Å². The lowest BCUT2D eigenvalue weighted by molar-refractivity contribution is -0.137. The van der Waals surface area contributed by atoms with E-state index in [-0.39, 0.29) is 6.42 Å². The van der Waals surface area contributed by atoms with Gasteiger partial charge in [0.1, 0.15) is 0 Å². The Morgan fingerprint density at radius 2 is 1.25 bits per heavy atom. The molecule has 0 aromatic heterocycles. The minimum absolute atomic E-state index is 0.103. The number of halogens is 1. The molecule has 0 atom stereocenters. The van der Waals surface area contributed by atoms with Gasteiger partial charge in [-0.3, -0.25) is 9.59 Å². The van der Waals surface area contributed by atoms with E-state index in [4.69, 9.17) is 0 Å². The molecule has 3 rings (SSSR count). The molecule has 0 unspecified atom stereocenters. The monoisotopic (exact) mass is 326 g/mol. The molecule has 0 radical (unpaired) electrons. The van der Waals surface area contributed by atoms with Crippen molar-refractivity contribution in [3.63, 3.8) is 0 Å². The minimum atomic E-state index is -2.51. The number of hydrogen-bond donors (Lipinski definition) is 0. The highest BCUT2D eigenvalue weighted by atomic mass is 19.1. The van der Waals surface area contributed by atoms with Gasteiger partial charge >= 0.3 is 0 Å². The standard InChI is InChI=1S/C19H19FN2O2/c1-2-3-14-19(20)17(23)21(15-10-6-4-7-11-15)22(18(19)24)16-12-8-5-9-13-16/h4-13H,2-3,14H2,1H3. The van der Waals surface area contributed by atoms with E-state index in [9.17, 15) is 9.59 Å². The second-order valence-electron chi connectivity index (χ2n) is 5.81. The van der Waals surface area contributed by atoms with Gasteiger partial charge in [0.15, 0.2) is 0 Å². The number of carbonyl (C=O) groups is 2. The first-order valence-electron chi connectivity index (χ1n) is 8.07. The first-order chi connectivity index (χ1) is 11.6. The number of carbonyl (C=O) groups excluding carboxylic acids is 2. The Morgan fingerprint density at radius 1 is 0.833 bits per heavy atom. The zero-order valence-electron chi connectivity index (χ0n) is 13.5. The molecule has 0 saturated carbocycles. The second kappa shape index (κ2) is 6.43. The molecule has 2 aromatic carbocycles. The Labute approximate surface area is 140 Å².